The van der Waals surface area contributed by atoms with Crippen molar-refractivity contribution in [1.82, 2.24) is 19.8 Å². The summed E-state index contributed by atoms with van der Waals surface area (Å²) in [5.41, 5.74) is 2.80. The first kappa shape index (κ1) is 17.1. The summed E-state index contributed by atoms with van der Waals surface area (Å²) in [5, 5.41) is 0. The van der Waals surface area contributed by atoms with Gasteiger partial charge in [-0.2, -0.15) is 0 Å². The fraction of sp³-hybridized carbons (Fsp3) is 0.450. The lowest BCUT2D eigenvalue weighted by Crippen LogP contribution is -2.30. The van der Waals surface area contributed by atoms with Crippen LogP contribution < -0.4 is 0 Å². The summed E-state index contributed by atoms with van der Waals surface area (Å²) >= 11 is 0. The quantitative estimate of drug-likeness (QED) is 0.848. The van der Waals surface area contributed by atoms with Crippen molar-refractivity contribution in [3.8, 4) is 0 Å². The molecule has 1 atom stereocenters. The minimum absolute atomic E-state index is 0.0304. The Morgan fingerprint density at radius 1 is 1.31 bits per heavy atom. The lowest BCUT2D eigenvalue weighted by molar-refractivity contribution is -0.129. The minimum Gasteiger partial charge on any atom is -0.342 e. The Labute approximate surface area is 152 Å². The van der Waals surface area contributed by atoms with Crippen LogP contribution in [0, 0.1) is 5.82 Å². The molecule has 1 aromatic heterocycles. The van der Waals surface area contributed by atoms with Crippen molar-refractivity contribution in [1.29, 1.82) is 0 Å². The van der Waals surface area contributed by atoms with Gasteiger partial charge in [0, 0.05) is 56.0 Å². The second-order valence-electron chi connectivity index (χ2n) is 7.28. The van der Waals surface area contributed by atoms with Crippen LogP contribution in [0.25, 0.3) is 0 Å². The van der Waals surface area contributed by atoms with Crippen molar-refractivity contribution in [2.24, 2.45) is 0 Å². The molecular formula is C20H23FN4O. The monoisotopic (exact) mass is 354 g/mol. The van der Waals surface area contributed by atoms with Gasteiger partial charge in [-0.25, -0.2) is 14.4 Å². The first-order valence-electron chi connectivity index (χ1n) is 9.14. The molecule has 0 radical (unpaired) electrons. The summed E-state index contributed by atoms with van der Waals surface area (Å²) in [6, 6.07) is 6.47. The van der Waals surface area contributed by atoms with Crippen molar-refractivity contribution in [3.63, 3.8) is 0 Å². The Balaban J connectivity index is 1.42. The molecule has 4 rings (SSSR count). The molecule has 26 heavy (non-hydrogen) atoms. The van der Waals surface area contributed by atoms with E-state index in [1.807, 2.05) is 11.1 Å². The molecule has 136 valence electrons. The predicted octanol–water partition coefficient (Wildman–Crippen LogP) is 2.16. The van der Waals surface area contributed by atoms with E-state index in [9.17, 15) is 9.18 Å². The molecule has 2 aromatic rings. The topological polar surface area (TPSA) is 49.3 Å². The number of fused-ring (bicyclic) bond motifs is 1. The lowest BCUT2D eigenvalue weighted by atomic mass is 10.1. The minimum atomic E-state index is -0.320. The molecular weight excluding hydrogens is 331 g/mol. The van der Waals surface area contributed by atoms with Gasteiger partial charge in [-0.3, -0.25) is 4.79 Å². The Morgan fingerprint density at radius 2 is 2.15 bits per heavy atom. The summed E-state index contributed by atoms with van der Waals surface area (Å²) < 4.78 is 13.8. The van der Waals surface area contributed by atoms with Gasteiger partial charge in [0.2, 0.25) is 5.91 Å². The molecule has 2 aliphatic rings. The van der Waals surface area contributed by atoms with E-state index >= 15 is 0 Å². The van der Waals surface area contributed by atoms with Crippen LogP contribution >= 0.6 is 0 Å². The van der Waals surface area contributed by atoms with Gasteiger partial charge in [0.05, 0.1) is 6.42 Å². The van der Waals surface area contributed by atoms with E-state index in [2.05, 4.69) is 16.9 Å². The van der Waals surface area contributed by atoms with Crippen molar-refractivity contribution in [3.05, 3.63) is 58.9 Å². The fourth-order valence-corrected chi connectivity index (χ4v) is 3.78. The van der Waals surface area contributed by atoms with Gasteiger partial charge >= 0.3 is 0 Å². The van der Waals surface area contributed by atoms with Gasteiger partial charge < -0.3 is 9.80 Å². The maximum Gasteiger partial charge on any atom is 0.227 e. The number of aromatic nitrogens is 2. The normalized spacial score (nSPS) is 20.2. The maximum absolute atomic E-state index is 13.8. The van der Waals surface area contributed by atoms with Gasteiger partial charge in [-0.1, -0.05) is 18.2 Å². The van der Waals surface area contributed by atoms with Gasteiger partial charge in [-0.15, -0.1) is 0 Å². The number of carbonyl (C=O) groups excluding carboxylic acids is 1. The fourth-order valence-electron chi connectivity index (χ4n) is 3.78. The highest BCUT2D eigenvalue weighted by molar-refractivity contribution is 5.79. The molecule has 0 bridgehead atoms. The summed E-state index contributed by atoms with van der Waals surface area (Å²) in [4.78, 5) is 26.0. The van der Waals surface area contributed by atoms with Gasteiger partial charge in [-0.05, 0) is 25.1 Å². The highest BCUT2D eigenvalue weighted by atomic mass is 19.1. The van der Waals surface area contributed by atoms with E-state index in [4.69, 9.17) is 4.98 Å². The van der Waals surface area contributed by atoms with E-state index in [1.54, 1.807) is 18.2 Å². The molecule has 0 unspecified atom stereocenters. The number of halogens is 1. The number of likely N-dealkylation sites (tertiary alicyclic amines) is 1. The van der Waals surface area contributed by atoms with Crippen LogP contribution in [0.15, 0.2) is 30.5 Å². The SMILES string of the molecule is CN1CCc2nc([C@H]3CCN(C(=O)Cc4ccccc4F)C3)ncc2C1. The van der Waals surface area contributed by atoms with E-state index < -0.39 is 0 Å². The second kappa shape index (κ2) is 7.11. The van der Waals surface area contributed by atoms with E-state index in [-0.39, 0.29) is 24.1 Å². The number of rotatable bonds is 3. The van der Waals surface area contributed by atoms with Crippen LogP contribution in [0.3, 0.4) is 0 Å². The Morgan fingerprint density at radius 3 is 3.00 bits per heavy atom. The highest BCUT2D eigenvalue weighted by Gasteiger charge is 2.30. The molecule has 0 spiro atoms. The summed E-state index contributed by atoms with van der Waals surface area (Å²) in [6.07, 6.45) is 3.86. The number of carbonyl (C=O) groups is 1. The standard InChI is InChI=1S/C20H23FN4O/c1-24-8-7-18-16(12-24)11-22-20(23-18)15-6-9-25(13-15)19(26)10-14-4-2-3-5-17(14)21/h2-5,11,15H,6-10,12-13H2,1H3/t15-/m0/s1. The summed E-state index contributed by atoms with van der Waals surface area (Å²) in [5.74, 6) is 0.663. The average molecular weight is 354 g/mol. The third-order valence-corrected chi connectivity index (χ3v) is 5.35. The molecule has 1 fully saturated rings. The molecule has 1 amide bonds. The van der Waals surface area contributed by atoms with Crippen LogP contribution in [-0.2, 0) is 24.2 Å². The average Bonchev–Trinajstić information content (AvgIpc) is 3.13. The molecule has 2 aliphatic heterocycles. The third kappa shape index (κ3) is 3.46. The van der Waals surface area contributed by atoms with Gasteiger partial charge in [0.25, 0.3) is 0 Å². The number of amides is 1. The summed E-state index contributed by atoms with van der Waals surface area (Å²) in [6.45, 7) is 3.21. The lowest BCUT2D eigenvalue weighted by Gasteiger charge is -2.24. The zero-order valence-corrected chi connectivity index (χ0v) is 15.0. The molecule has 1 aromatic carbocycles. The van der Waals surface area contributed by atoms with Crippen molar-refractivity contribution in [2.75, 3.05) is 26.7 Å². The smallest absolute Gasteiger partial charge is 0.227 e. The third-order valence-electron chi connectivity index (χ3n) is 5.35. The van der Waals surface area contributed by atoms with Crippen LogP contribution in [0.5, 0.6) is 0 Å². The molecule has 6 heteroatoms. The van der Waals surface area contributed by atoms with E-state index in [1.165, 1.54) is 11.6 Å². The van der Waals surface area contributed by atoms with Crippen LogP contribution in [0.2, 0.25) is 0 Å². The maximum atomic E-state index is 13.8. The molecule has 0 N–H and O–H groups in total. The predicted molar refractivity (Wildman–Crippen MR) is 96.1 cm³/mol. The summed E-state index contributed by atoms with van der Waals surface area (Å²) in [7, 11) is 2.10. The molecule has 5 nitrogen and oxygen atoms in total. The first-order chi connectivity index (χ1) is 12.6. The number of nitrogens with zero attached hydrogens (tertiary/aromatic N) is 4. The van der Waals surface area contributed by atoms with Crippen molar-refractivity contribution in [2.45, 2.75) is 31.7 Å². The van der Waals surface area contributed by atoms with Crippen molar-refractivity contribution >= 4 is 5.91 Å². The largest absolute Gasteiger partial charge is 0.342 e. The highest BCUT2D eigenvalue weighted by Crippen LogP contribution is 2.27. The molecule has 0 saturated carbocycles. The van der Waals surface area contributed by atoms with Crippen LogP contribution in [0.1, 0.15) is 35.0 Å². The van der Waals surface area contributed by atoms with Crippen LogP contribution in [0.4, 0.5) is 4.39 Å². The zero-order chi connectivity index (χ0) is 18.1. The Hall–Kier alpha value is -2.34. The van der Waals surface area contributed by atoms with E-state index in [0.29, 0.717) is 18.7 Å². The van der Waals surface area contributed by atoms with Crippen molar-refractivity contribution < 1.29 is 9.18 Å². The van der Waals surface area contributed by atoms with Crippen LogP contribution in [-0.4, -0.2) is 52.4 Å². The number of hydrogen-bond acceptors (Lipinski definition) is 4. The first-order valence-corrected chi connectivity index (χ1v) is 9.14. The molecule has 1 saturated heterocycles. The Kier molecular flexibility index (Phi) is 4.68. The molecule has 0 aliphatic carbocycles. The van der Waals surface area contributed by atoms with E-state index in [0.717, 1.165) is 37.4 Å². The number of benzene rings is 1. The van der Waals surface area contributed by atoms with Gasteiger partial charge in [0.15, 0.2) is 0 Å². The zero-order valence-electron chi connectivity index (χ0n) is 15.0. The number of likely N-dealkylation sites (N-methyl/N-ethyl adjacent to an activating group) is 1. The number of hydrogen-bond donors (Lipinski definition) is 0. The van der Waals surface area contributed by atoms with Gasteiger partial charge in [0.1, 0.15) is 11.6 Å². The Bertz CT molecular complexity index is 825. The second-order valence-corrected chi connectivity index (χ2v) is 7.28. The molecule has 3 heterocycles.